The lowest BCUT2D eigenvalue weighted by molar-refractivity contribution is 0.707. The minimum absolute atomic E-state index is 0.591. The van der Waals surface area contributed by atoms with Gasteiger partial charge in [0.15, 0.2) is 0 Å². The molecule has 0 fully saturated rings. The standard InChI is InChI=1S/C10H12BrN3/c1-2-6-14-8-5-3-4-7(11)9(8)13-10(14)12/h3-5H,2,6H2,1H3,(H2,12,13). The van der Waals surface area contributed by atoms with Crippen LogP contribution in [0.4, 0.5) is 5.95 Å². The Morgan fingerprint density at radius 2 is 2.29 bits per heavy atom. The van der Waals surface area contributed by atoms with E-state index < -0.39 is 0 Å². The van der Waals surface area contributed by atoms with E-state index in [1.807, 2.05) is 22.8 Å². The molecule has 2 rings (SSSR count). The van der Waals surface area contributed by atoms with Crippen LogP contribution in [0.5, 0.6) is 0 Å². The molecule has 0 aliphatic carbocycles. The summed E-state index contributed by atoms with van der Waals surface area (Å²) < 4.78 is 3.04. The molecule has 0 radical (unpaired) electrons. The van der Waals surface area contributed by atoms with E-state index in [4.69, 9.17) is 5.73 Å². The lowest BCUT2D eigenvalue weighted by Gasteiger charge is -2.03. The third-order valence-corrected chi connectivity index (χ3v) is 2.85. The largest absolute Gasteiger partial charge is 0.369 e. The maximum Gasteiger partial charge on any atom is 0.201 e. The minimum atomic E-state index is 0.591. The second kappa shape index (κ2) is 3.61. The van der Waals surface area contributed by atoms with E-state index in [-0.39, 0.29) is 0 Å². The normalized spacial score (nSPS) is 11.0. The molecule has 0 amide bonds. The third-order valence-electron chi connectivity index (χ3n) is 2.21. The van der Waals surface area contributed by atoms with Gasteiger partial charge in [0.05, 0.1) is 5.52 Å². The van der Waals surface area contributed by atoms with E-state index in [0.29, 0.717) is 5.95 Å². The van der Waals surface area contributed by atoms with Crippen LogP contribution in [0.25, 0.3) is 11.0 Å². The van der Waals surface area contributed by atoms with E-state index in [9.17, 15) is 0 Å². The number of benzene rings is 1. The number of aryl methyl sites for hydroxylation is 1. The highest BCUT2D eigenvalue weighted by Crippen LogP contribution is 2.25. The van der Waals surface area contributed by atoms with Crippen molar-refractivity contribution < 1.29 is 0 Å². The number of halogens is 1. The quantitative estimate of drug-likeness (QED) is 0.895. The monoisotopic (exact) mass is 253 g/mol. The number of rotatable bonds is 2. The van der Waals surface area contributed by atoms with Crippen molar-refractivity contribution in [2.24, 2.45) is 0 Å². The fourth-order valence-corrected chi connectivity index (χ4v) is 2.03. The summed E-state index contributed by atoms with van der Waals surface area (Å²) in [6.45, 7) is 3.04. The van der Waals surface area contributed by atoms with Gasteiger partial charge in [0.25, 0.3) is 0 Å². The maximum atomic E-state index is 5.84. The molecule has 0 saturated heterocycles. The lowest BCUT2D eigenvalue weighted by atomic mass is 10.3. The van der Waals surface area contributed by atoms with Crippen LogP contribution in [0.1, 0.15) is 13.3 Å². The van der Waals surface area contributed by atoms with Gasteiger partial charge in [-0.3, -0.25) is 0 Å². The molecule has 0 bridgehead atoms. The molecule has 1 heterocycles. The van der Waals surface area contributed by atoms with Crippen LogP contribution in [0.15, 0.2) is 22.7 Å². The molecule has 0 unspecified atom stereocenters. The highest BCUT2D eigenvalue weighted by atomic mass is 79.9. The van der Waals surface area contributed by atoms with E-state index in [0.717, 1.165) is 28.5 Å². The zero-order chi connectivity index (χ0) is 10.1. The predicted molar refractivity (Wildman–Crippen MR) is 62.1 cm³/mol. The first kappa shape index (κ1) is 9.52. The summed E-state index contributed by atoms with van der Waals surface area (Å²) >= 11 is 3.46. The SMILES string of the molecule is CCCn1c(N)nc2c(Br)cccc21. The molecule has 1 aromatic heterocycles. The van der Waals surface area contributed by atoms with Crippen LogP contribution in [-0.2, 0) is 6.54 Å². The summed E-state index contributed by atoms with van der Waals surface area (Å²) in [5.41, 5.74) is 7.88. The van der Waals surface area contributed by atoms with Gasteiger partial charge in [-0.15, -0.1) is 0 Å². The molecule has 0 aliphatic heterocycles. The first-order chi connectivity index (χ1) is 6.74. The van der Waals surface area contributed by atoms with E-state index in [1.165, 1.54) is 0 Å². The fraction of sp³-hybridized carbons (Fsp3) is 0.300. The Hall–Kier alpha value is -1.03. The summed E-state index contributed by atoms with van der Waals surface area (Å²) in [6, 6.07) is 6.02. The first-order valence-electron chi connectivity index (χ1n) is 4.64. The Balaban J connectivity index is 2.70. The number of nitrogens with zero attached hydrogens (tertiary/aromatic N) is 2. The van der Waals surface area contributed by atoms with Gasteiger partial charge < -0.3 is 10.3 Å². The smallest absolute Gasteiger partial charge is 0.201 e. The number of nitrogen functional groups attached to an aromatic ring is 1. The van der Waals surface area contributed by atoms with Gasteiger partial charge in [-0.1, -0.05) is 13.0 Å². The van der Waals surface area contributed by atoms with Gasteiger partial charge in [-0.25, -0.2) is 4.98 Å². The van der Waals surface area contributed by atoms with Crippen LogP contribution < -0.4 is 5.73 Å². The average Bonchev–Trinajstić information content (AvgIpc) is 2.47. The van der Waals surface area contributed by atoms with Crippen molar-refractivity contribution in [2.75, 3.05) is 5.73 Å². The van der Waals surface area contributed by atoms with Gasteiger partial charge in [-0.2, -0.15) is 0 Å². The average molecular weight is 254 g/mol. The molecule has 0 saturated carbocycles. The molecule has 0 aliphatic rings. The van der Waals surface area contributed by atoms with Crippen molar-refractivity contribution in [1.82, 2.24) is 9.55 Å². The maximum absolute atomic E-state index is 5.84. The van der Waals surface area contributed by atoms with Gasteiger partial charge in [0, 0.05) is 11.0 Å². The molecule has 0 spiro atoms. The molecule has 4 heteroatoms. The second-order valence-corrected chi connectivity index (χ2v) is 4.08. The van der Waals surface area contributed by atoms with Crippen LogP contribution in [-0.4, -0.2) is 9.55 Å². The molecule has 3 nitrogen and oxygen atoms in total. The molecule has 14 heavy (non-hydrogen) atoms. The summed E-state index contributed by atoms with van der Waals surface area (Å²) in [5.74, 6) is 0.591. The number of aromatic nitrogens is 2. The number of hydrogen-bond donors (Lipinski definition) is 1. The number of para-hydroxylation sites is 1. The third kappa shape index (κ3) is 1.39. The first-order valence-corrected chi connectivity index (χ1v) is 5.43. The van der Waals surface area contributed by atoms with Gasteiger partial charge in [0.1, 0.15) is 5.52 Å². The summed E-state index contributed by atoms with van der Waals surface area (Å²) in [6.07, 6.45) is 1.06. The van der Waals surface area contributed by atoms with Crippen molar-refractivity contribution in [3.63, 3.8) is 0 Å². The summed E-state index contributed by atoms with van der Waals surface area (Å²) in [4.78, 5) is 4.33. The second-order valence-electron chi connectivity index (χ2n) is 3.23. The van der Waals surface area contributed by atoms with Crippen molar-refractivity contribution in [2.45, 2.75) is 19.9 Å². The van der Waals surface area contributed by atoms with E-state index in [2.05, 4.69) is 27.8 Å². The van der Waals surface area contributed by atoms with Crippen molar-refractivity contribution in [3.05, 3.63) is 22.7 Å². The van der Waals surface area contributed by atoms with Gasteiger partial charge in [0.2, 0.25) is 5.95 Å². The molecular weight excluding hydrogens is 242 g/mol. The predicted octanol–water partition coefficient (Wildman–Crippen LogP) is 2.79. The molecule has 2 N–H and O–H groups in total. The Morgan fingerprint density at radius 3 is 3.00 bits per heavy atom. The molecule has 1 aromatic carbocycles. The van der Waals surface area contributed by atoms with E-state index in [1.54, 1.807) is 0 Å². The molecule has 0 atom stereocenters. The van der Waals surface area contributed by atoms with Crippen LogP contribution >= 0.6 is 15.9 Å². The number of fused-ring (bicyclic) bond motifs is 1. The van der Waals surface area contributed by atoms with E-state index >= 15 is 0 Å². The highest BCUT2D eigenvalue weighted by molar-refractivity contribution is 9.10. The summed E-state index contributed by atoms with van der Waals surface area (Å²) in [7, 11) is 0. The van der Waals surface area contributed by atoms with Crippen molar-refractivity contribution >= 4 is 32.9 Å². The zero-order valence-electron chi connectivity index (χ0n) is 8.00. The van der Waals surface area contributed by atoms with Gasteiger partial charge >= 0.3 is 0 Å². The Kier molecular flexibility index (Phi) is 2.46. The molecule has 2 aromatic rings. The van der Waals surface area contributed by atoms with Crippen molar-refractivity contribution in [3.8, 4) is 0 Å². The minimum Gasteiger partial charge on any atom is -0.369 e. The van der Waals surface area contributed by atoms with Crippen LogP contribution in [0.3, 0.4) is 0 Å². The fourth-order valence-electron chi connectivity index (χ4n) is 1.59. The van der Waals surface area contributed by atoms with Crippen LogP contribution in [0.2, 0.25) is 0 Å². The number of hydrogen-bond acceptors (Lipinski definition) is 2. The Bertz CT molecular complexity index is 462. The highest BCUT2D eigenvalue weighted by Gasteiger charge is 2.08. The number of imidazole rings is 1. The zero-order valence-corrected chi connectivity index (χ0v) is 9.58. The number of nitrogens with two attached hydrogens (primary N) is 1. The summed E-state index contributed by atoms with van der Waals surface area (Å²) in [5, 5.41) is 0. The topological polar surface area (TPSA) is 43.8 Å². The Labute approximate surface area is 91.1 Å². The molecular formula is C10H12BrN3. The molecule has 74 valence electrons. The van der Waals surface area contributed by atoms with Gasteiger partial charge in [-0.05, 0) is 34.5 Å². The lowest BCUT2D eigenvalue weighted by Crippen LogP contribution is -2.02. The number of anilines is 1. The Morgan fingerprint density at radius 1 is 1.50 bits per heavy atom. The van der Waals surface area contributed by atoms with Crippen molar-refractivity contribution in [1.29, 1.82) is 0 Å². The van der Waals surface area contributed by atoms with Crippen LogP contribution in [0, 0.1) is 0 Å².